The molecule has 2 aliphatic heterocycles. The first-order valence-corrected chi connectivity index (χ1v) is 13.0. The highest BCUT2D eigenvalue weighted by Crippen LogP contribution is 2.47. The van der Waals surface area contributed by atoms with Gasteiger partial charge in [-0.1, -0.05) is 19.1 Å². The van der Waals surface area contributed by atoms with Gasteiger partial charge in [0.15, 0.2) is 0 Å². The van der Waals surface area contributed by atoms with Crippen LogP contribution in [0.1, 0.15) is 71.4 Å². The number of aromatic nitrogens is 2. The van der Waals surface area contributed by atoms with E-state index in [0.29, 0.717) is 24.8 Å². The largest absolute Gasteiger partial charge is 0.444 e. The van der Waals surface area contributed by atoms with Crippen LogP contribution in [0.4, 0.5) is 10.5 Å². The van der Waals surface area contributed by atoms with Gasteiger partial charge in [-0.3, -0.25) is 19.6 Å². The molecule has 1 aromatic carbocycles. The Morgan fingerprint density at radius 2 is 1.97 bits per heavy atom. The van der Waals surface area contributed by atoms with Crippen LogP contribution in [0.25, 0.3) is 10.9 Å². The number of aryl methyl sites for hydroxylation is 1. The maximum Gasteiger partial charge on any atom is 0.410 e. The first-order valence-electron chi connectivity index (χ1n) is 13.0. The van der Waals surface area contributed by atoms with E-state index in [1.807, 2.05) is 49.5 Å². The summed E-state index contributed by atoms with van der Waals surface area (Å²) >= 11 is 0. The fraction of sp³-hybridized carbons (Fsp3) is 0.630. The van der Waals surface area contributed by atoms with Crippen molar-refractivity contribution < 1.29 is 19.1 Å². The highest BCUT2D eigenvalue weighted by Gasteiger charge is 2.50. The minimum atomic E-state index is -0.473. The fourth-order valence-electron chi connectivity index (χ4n) is 6.29. The summed E-state index contributed by atoms with van der Waals surface area (Å²) < 4.78 is 7.38. The van der Waals surface area contributed by atoms with Crippen LogP contribution >= 0.6 is 0 Å². The van der Waals surface area contributed by atoms with E-state index in [-0.39, 0.29) is 23.3 Å². The smallest absolute Gasteiger partial charge is 0.410 e. The SMILES string of the molecule is C[C@@H]1CC2(CC[C@@H]1Nc1cccc3c(C4CCC(=O)NC4=O)nn(C)c13)CN(C(=O)OC(C)(C)C)C2. The van der Waals surface area contributed by atoms with Crippen molar-refractivity contribution in [1.82, 2.24) is 20.0 Å². The lowest BCUT2D eigenvalue weighted by Crippen LogP contribution is -2.62. The van der Waals surface area contributed by atoms with E-state index in [4.69, 9.17) is 9.84 Å². The van der Waals surface area contributed by atoms with Crippen molar-refractivity contribution in [2.45, 2.75) is 77.4 Å². The summed E-state index contributed by atoms with van der Waals surface area (Å²) in [6, 6.07) is 6.39. The van der Waals surface area contributed by atoms with Crippen LogP contribution in [-0.4, -0.2) is 57.3 Å². The van der Waals surface area contributed by atoms with Crippen LogP contribution < -0.4 is 10.6 Å². The number of benzene rings is 1. The quantitative estimate of drug-likeness (QED) is 0.625. The summed E-state index contributed by atoms with van der Waals surface area (Å²) in [5.74, 6) is -0.459. The third-order valence-electron chi connectivity index (χ3n) is 7.94. The van der Waals surface area contributed by atoms with Gasteiger partial charge in [0.2, 0.25) is 11.8 Å². The maximum absolute atomic E-state index is 12.5. The molecule has 9 nitrogen and oxygen atoms in total. The van der Waals surface area contributed by atoms with Gasteiger partial charge in [0.05, 0.1) is 22.8 Å². The molecule has 3 heterocycles. The van der Waals surface area contributed by atoms with Crippen molar-refractivity contribution in [3.63, 3.8) is 0 Å². The zero-order chi connectivity index (χ0) is 25.8. The molecule has 3 fully saturated rings. The van der Waals surface area contributed by atoms with Crippen molar-refractivity contribution in [3.8, 4) is 0 Å². The molecule has 1 unspecified atom stereocenters. The number of amides is 3. The minimum absolute atomic E-state index is 0.186. The third-order valence-corrected chi connectivity index (χ3v) is 7.94. The molecule has 5 rings (SSSR count). The van der Waals surface area contributed by atoms with Gasteiger partial charge in [0, 0.05) is 43.4 Å². The number of rotatable bonds is 3. The third kappa shape index (κ3) is 4.55. The van der Waals surface area contributed by atoms with Gasteiger partial charge in [-0.05, 0) is 58.4 Å². The molecular formula is C27H37N5O4. The van der Waals surface area contributed by atoms with Crippen LogP contribution in [0.5, 0.6) is 0 Å². The summed E-state index contributed by atoms with van der Waals surface area (Å²) in [5.41, 5.74) is 2.43. The lowest BCUT2D eigenvalue weighted by atomic mass is 9.64. The van der Waals surface area contributed by atoms with E-state index in [9.17, 15) is 14.4 Å². The van der Waals surface area contributed by atoms with E-state index in [2.05, 4.69) is 23.6 Å². The topological polar surface area (TPSA) is 106 Å². The standard InChI is InChI=1S/C27H37N5O4/c1-16-13-27(14-32(15-27)25(35)36-26(2,3)4)12-11-19(16)28-20-8-6-7-17-22(30-31(5)23(17)20)18-9-10-21(33)29-24(18)34/h6-8,16,18-19,28H,9-15H2,1-5H3,(H,29,33,34)/t16-,18?,19+/m1/s1. The molecule has 3 aliphatic rings. The van der Waals surface area contributed by atoms with E-state index in [0.717, 1.165) is 54.6 Å². The minimum Gasteiger partial charge on any atom is -0.444 e. The van der Waals surface area contributed by atoms with Crippen LogP contribution in [-0.2, 0) is 21.4 Å². The Morgan fingerprint density at radius 3 is 2.64 bits per heavy atom. The first-order chi connectivity index (χ1) is 16.9. The van der Waals surface area contributed by atoms with Gasteiger partial charge >= 0.3 is 6.09 Å². The highest BCUT2D eigenvalue weighted by atomic mass is 16.6. The Kier molecular flexibility index (Phi) is 6.00. The number of hydrogen-bond acceptors (Lipinski definition) is 6. The first kappa shape index (κ1) is 24.6. The van der Waals surface area contributed by atoms with Gasteiger partial charge in [-0.15, -0.1) is 0 Å². The van der Waals surface area contributed by atoms with Crippen LogP contribution in [0, 0.1) is 11.3 Å². The molecule has 9 heteroatoms. The van der Waals surface area contributed by atoms with Crippen LogP contribution in [0.3, 0.4) is 0 Å². The molecule has 1 aromatic heterocycles. The van der Waals surface area contributed by atoms with Crippen molar-refractivity contribution in [2.24, 2.45) is 18.4 Å². The Balaban J connectivity index is 1.27. The van der Waals surface area contributed by atoms with Gasteiger partial charge < -0.3 is 15.0 Å². The number of nitrogens with one attached hydrogen (secondary N) is 2. The van der Waals surface area contributed by atoms with E-state index < -0.39 is 11.5 Å². The number of fused-ring (bicyclic) bond motifs is 1. The lowest BCUT2D eigenvalue weighted by molar-refractivity contribution is -0.134. The van der Waals surface area contributed by atoms with Gasteiger partial charge in [-0.25, -0.2) is 4.79 Å². The van der Waals surface area contributed by atoms with E-state index in [1.165, 1.54) is 0 Å². The zero-order valence-electron chi connectivity index (χ0n) is 21.9. The number of anilines is 1. The van der Waals surface area contributed by atoms with Gasteiger partial charge in [0.1, 0.15) is 5.60 Å². The van der Waals surface area contributed by atoms with Crippen molar-refractivity contribution in [2.75, 3.05) is 18.4 Å². The van der Waals surface area contributed by atoms with Crippen molar-refractivity contribution in [3.05, 3.63) is 23.9 Å². The average Bonchev–Trinajstić information content (AvgIpc) is 3.09. The number of ether oxygens (including phenoxy) is 1. The maximum atomic E-state index is 12.5. The second kappa shape index (κ2) is 8.78. The number of likely N-dealkylation sites (tertiary alicyclic amines) is 1. The molecule has 1 saturated carbocycles. The van der Waals surface area contributed by atoms with E-state index in [1.54, 1.807) is 0 Å². The lowest BCUT2D eigenvalue weighted by Gasteiger charge is -2.55. The highest BCUT2D eigenvalue weighted by molar-refractivity contribution is 6.03. The van der Waals surface area contributed by atoms with Gasteiger partial charge in [-0.2, -0.15) is 5.10 Å². The summed E-state index contributed by atoms with van der Waals surface area (Å²) in [7, 11) is 1.90. The summed E-state index contributed by atoms with van der Waals surface area (Å²) in [6.45, 7) is 9.52. The molecule has 194 valence electrons. The van der Waals surface area contributed by atoms with Gasteiger partial charge in [0.25, 0.3) is 0 Å². The Bertz CT molecular complexity index is 1210. The number of carbonyl (C=O) groups excluding carboxylic acids is 3. The summed E-state index contributed by atoms with van der Waals surface area (Å²) in [6.07, 6.45) is 3.76. The number of para-hydroxylation sites is 1. The zero-order valence-corrected chi connectivity index (χ0v) is 21.9. The molecule has 1 spiro atoms. The monoisotopic (exact) mass is 495 g/mol. The fourth-order valence-corrected chi connectivity index (χ4v) is 6.29. The number of carbonyl (C=O) groups is 3. The van der Waals surface area contributed by atoms with E-state index >= 15 is 0 Å². The molecule has 3 amide bonds. The molecule has 36 heavy (non-hydrogen) atoms. The molecule has 0 bridgehead atoms. The second-order valence-electron chi connectivity index (χ2n) is 12.0. The summed E-state index contributed by atoms with van der Waals surface area (Å²) in [4.78, 5) is 38.3. The number of nitrogens with zero attached hydrogens (tertiary/aromatic N) is 3. The van der Waals surface area contributed by atoms with Crippen molar-refractivity contribution >= 4 is 34.5 Å². The average molecular weight is 496 g/mol. The van der Waals surface area contributed by atoms with Crippen LogP contribution in [0.2, 0.25) is 0 Å². The molecule has 2 N–H and O–H groups in total. The molecular weight excluding hydrogens is 458 g/mol. The van der Waals surface area contributed by atoms with Crippen molar-refractivity contribution in [1.29, 1.82) is 0 Å². The number of imide groups is 1. The summed E-state index contributed by atoms with van der Waals surface area (Å²) in [5, 5.41) is 11.9. The second-order valence-corrected chi connectivity index (χ2v) is 12.0. The molecule has 2 aromatic rings. The molecule has 1 aliphatic carbocycles. The normalized spacial score (nSPS) is 26.0. The molecule has 3 atom stereocenters. The molecule has 2 saturated heterocycles. The molecule has 0 radical (unpaired) electrons. The predicted octanol–water partition coefficient (Wildman–Crippen LogP) is 3.93. The Labute approximate surface area is 211 Å². The number of hydrogen-bond donors (Lipinski definition) is 2. The Hall–Kier alpha value is -3.10. The predicted molar refractivity (Wildman–Crippen MR) is 137 cm³/mol. The van der Waals surface area contributed by atoms with Crippen LogP contribution in [0.15, 0.2) is 18.2 Å². The Morgan fingerprint density at radius 1 is 1.22 bits per heavy atom. The number of piperidine rings is 1.